The first-order valence-corrected chi connectivity index (χ1v) is 9.73. The van der Waals surface area contributed by atoms with Crippen LogP contribution in [0.25, 0.3) is 10.9 Å². The molecular formula is C20H19N3O2S. The molecule has 0 saturated carbocycles. The van der Waals surface area contributed by atoms with Crippen molar-refractivity contribution >= 4 is 34.3 Å². The largest absolute Gasteiger partial charge is 0.473 e. The standard InChI is InChI=1S/C20H19N3O2S/c1-13-11-18(15-5-2-3-7-17(15)22-13)23-19(24)16-6-4-9-21-20(16)25-14-8-10-26-12-14/h2-7,9,11,14H,8,10,12H2,1H3,(H,22,23,24)/t14-/m0/s1. The highest BCUT2D eigenvalue weighted by Gasteiger charge is 2.21. The van der Waals surface area contributed by atoms with Crippen LogP contribution in [-0.2, 0) is 0 Å². The van der Waals surface area contributed by atoms with Gasteiger partial charge in [-0.1, -0.05) is 18.2 Å². The van der Waals surface area contributed by atoms with Crippen molar-refractivity contribution in [3.63, 3.8) is 0 Å². The Kier molecular flexibility index (Phi) is 4.75. The van der Waals surface area contributed by atoms with Gasteiger partial charge in [0.05, 0.1) is 11.2 Å². The molecule has 0 unspecified atom stereocenters. The normalized spacial score (nSPS) is 16.6. The molecule has 1 atom stereocenters. The average Bonchev–Trinajstić information content (AvgIpc) is 3.15. The minimum Gasteiger partial charge on any atom is -0.473 e. The van der Waals surface area contributed by atoms with Crippen LogP contribution < -0.4 is 10.1 Å². The number of hydrogen-bond donors (Lipinski definition) is 1. The van der Waals surface area contributed by atoms with Gasteiger partial charge < -0.3 is 10.1 Å². The van der Waals surface area contributed by atoms with Crippen LogP contribution in [0.1, 0.15) is 22.5 Å². The predicted octanol–water partition coefficient (Wildman–Crippen LogP) is 4.07. The quantitative estimate of drug-likeness (QED) is 0.755. The lowest BCUT2D eigenvalue weighted by molar-refractivity contribution is 0.101. The van der Waals surface area contributed by atoms with Crippen LogP contribution in [0.3, 0.4) is 0 Å². The molecule has 26 heavy (non-hydrogen) atoms. The van der Waals surface area contributed by atoms with E-state index in [1.807, 2.05) is 49.0 Å². The van der Waals surface area contributed by atoms with Crippen molar-refractivity contribution < 1.29 is 9.53 Å². The molecule has 132 valence electrons. The van der Waals surface area contributed by atoms with E-state index in [1.54, 1.807) is 18.3 Å². The summed E-state index contributed by atoms with van der Waals surface area (Å²) in [5, 5.41) is 3.91. The third-order valence-electron chi connectivity index (χ3n) is 4.27. The average molecular weight is 365 g/mol. The number of rotatable bonds is 4. The second-order valence-corrected chi connectivity index (χ2v) is 7.39. The number of carbonyl (C=O) groups excluding carboxylic acids is 1. The zero-order valence-corrected chi connectivity index (χ0v) is 15.3. The summed E-state index contributed by atoms with van der Waals surface area (Å²) >= 11 is 1.86. The number of aromatic nitrogens is 2. The fraction of sp³-hybridized carbons (Fsp3) is 0.250. The van der Waals surface area contributed by atoms with Crippen molar-refractivity contribution in [1.29, 1.82) is 0 Å². The molecule has 4 rings (SSSR count). The van der Waals surface area contributed by atoms with Crippen molar-refractivity contribution in [2.75, 3.05) is 16.8 Å². The Morgan fingerprint density at radius 1 is 1.27 bits per heavy atom. The molecule has 0 spiro atoms. The van der Waals surface area contributed by atoms with Gasteiger partial charge in [-0.3, -0.25) is 9.78 Å². The van der Waals surface area contributed by atoms with E-state index in [0.717, 1.165) is 40.2 Å². The molecule has 3 aromatic rings. The number of anilines is 1. The molecule has 1 aromatic carbocycles. The number of amides is 1. The van der Waals surface area contributed by atoms with Crippen LogP contribution in [0.15, 0.2) is 48.7 Å². The van der Waals surface area contributed by atoms with Gasteiger partial charge >= 0.3 is 0 Å². The lowest BCUT2D eigenvalue weighted by Gasteiger charge is -2.15. The molecule has 5 nitrogen and oxygen atoms in total. The number of para-hydroxylation sites is 1. The Morgan fingerprint density at radius 2 is 2.15 bits per heavy atom. The summed E-state index contributed by atoms with van der Waals surface area (Å²) in [4.78, 5) is 21.7. The van der Waals surface area contributed by atoms with Gasteiger partial charge in [-0.05, 0) is 43.4 Å². The first-order chi connectivity index (χ1) is 12.7. The summed E-state index contributed by atoms with van der Waals surface area (Å²) in [6, 6.07) is 13.1. The summed E-state index contributed by atoms with van der Waals surface area (Å²) in [5.41, 5.74) is 2.89. The molecule has 0 aliphatic carbocycles. The van der Waals surface area contributed by atoms with Crippen LogP contribution in [0, 0.1) is 6.92 Å². The Bertz CT molecular complexity index is 955. The van der Waals surface area contributed by atoms with Gasteiger partial charge in [0.1, 0.15) is 11.7 Å². The number of pyridine rings is 2. The Hall–Kier alpha value is -2.60. The van der Waals surface area contributed by atoms with Gasteiger partial charge in [0.25, 0.3) is 5.91 Å². The van der Waals surface area contributed by atoms with Crippen LogP contribution >= 0.6 is 11.8 Å². The minimum absolute atomic E-state index is 0.116. The Balaban J connectivity index is 1.63. The lowest BCUT2D eigenvalue weighted by Crippen LogP contribution is -2.20. The van der Waals surface area contributed by atoms with E-state index < -0.39 is 0 Å². The third kappa shape index (κ3) is 3.51. The number of nitrogens with zero attached hydrogens (tertiary/aromatic N) is 2. The number of carbonyl (C=O) groups is 1. The maximum absolute atomic E-state index is 12.9. The number of aryl methyl sites for hydroxylation is 1. The molecule has 0 radical (unpaired) electrons. The van der Waals surface area contributed by atoms with E-state index in [2.05, 4.69) is 15.3 Å². The molecule has 2 aromatic heterocycles. The third-order valence-corrected chi connectivity index (χ3v) is 5.41. The number of fused-ring (bicyclic) bond motifs is 1. The second kappa shape index (κ2) is 7.33. The maximum Gasteiger partial charge on any atom is 0.261 e. The molecule has 1 saturated heterocycles. The lowest BCUT2D eigenvalue weighted by atomic mass is 10.1. The zero-order valence-electron chi connectivity index (χ0n) is 14.4. The molecular weight excluding hydrogens is 346 g/mol. The summed E-state index contributed by atoms with van der Waals surface area (Å²) in [6.07, 6.45) is 2.75. The molecule has 3 heterocycles. The fourth-order valence-corrected chi connectivity index (χ4v) is 4.12. The Morgan fingerprint density at radius 3 is 3.00 bits per heavy atom. The van der Waals surface area contributed by atoms with E-state index in [4.69, 9.17) is 4.74 Å². The van der Waals surface area contributed by atoms with Crippen molar-refractivity contribution in [2.24, 2.45) is 0 Å². The first kappa shape index (κ1) is 16.8. The van der Waals surface area contributed by atoms with Crippen molar-refractivity contribution in [3.05, 3.63) is 59.9 Å². The van der Waals surface area contributed by atoms with Gasteiger partial charge in [-0.15, -0.1) is 0 Å². The summed E-state index contributed by atoms with van der Waals surface area (Å²) in [7, 11) is 0. The van der Waals surface area contributed by atoms with Gasteiger partial charge in [0.15, 0.2) is 0 Å². The van der Waals surface area contributed by atoms with Crippen LogP contribution in [0.5, 0.6) is 5.88 Å². The smallest absolute Gasteiger partial charge is 0.261 e. The van der Waals surface area contributed by atoms with E-state index in [9.17, 15) is 4.79 Å². The highest BCUT2D eigenvalue weighted by molar-refractivity contribution is 7.99. The van der Waals surface area contributed by atoms with E-state index >= 15 is 0 Å². The molecule has 1 N–H and O–H groups in total. The van der Waals surface area contributed by atoms with E-state index in [1.165, 1.54) is 0 Å². The van der Waals surface area contributed by atoms with Gasteiger partial charge in [-0.25, -0.2) is 4.98 Å². The predicted molar refractivity (Wildman–Crippen MR) is 105 cm³/mol. The summed E-state index contributed by atoms with van der Waals surface area (Å²) < 4.78 is 5.97. The number of benzene rings is 1. The van der Waals surface area contributed by atoms with Crippen molar-refractivity contribution in [2.45, 2.75) is 19.4 Å². The molecule has 6 heteroatoms. The fourth-order valence-electron chi connectivity index (χ4n) is 3.02. The van der Waals surface area contributed by atoms with Gasteiger partial charge in [0.2, 0.25) is 5.88 Å². The molecule has 1 aliphatic heterocycles. The molecule has 1 aliphatic rings. The maximum atomic E-state index is 12.9. The van der Waals surface area contributed by atoms with E-state index in [-0.39, 0.29) is 12.0 Å². The van der Waals surface area contributed by atoms with E-state index in [0.29, 0.717) is 11.4 Å². The van der Waals surface area contributed by atoms with Gasteiger partial charge in [0, 0.05) is 23.0 Å². The topological polar surface area (TPSA) is 64.1 Å². The Labute approximate surface area is 156 Å². The number of ether oxygens (including phenoxy) is 1. The SMILES string of the molecule is Cc1cc(NC(=O)c2cccnc2O[C@H]2CCSC2)c2ccccc2n1. The highest BCUT2D eigenvalue weighted by Crippen LogP contribution is 2.27. The number of nitrogens with one attached hydrogen (secondary N) is 1. The summed E-state index contributed by atoms with van der Waals surface area (Å²) in [6.45, 7) is 1.92. The second-order valence-electron chi connectivity index (χ2n) is 6.24. The van der Waals surface area contributed by atoms with Crippen LogP contribution in [0.4, 0.5) is 5.69 Å². The van der Waals surface area contributed by atoms with Gasteiger partial charge in [-0.2, -0.15) is 11.8 Å². The van der Waals surface area contributed by atoms with Crippen molar-refractivity contribution in [1.82, 2.24) is 9.97 Å². The molecule has 1 fully saturated rings. The zero-order chi connectivity index (χ0) is 17.9. The summed E-state index contributed by atoms with van der Waals surface area (Å²) in [5.74, 6) is 2.19. The first-order valence-electron chi connectivity index (χ1n) is 8.58. The van der Waals surface area contributed by atoms with Crippen LogP contribution in [-0.4, -0.2) is 33.5 Å². The number of thioether (sulfide) groups is 1. The molecule has 1 amide bonds. The number of hydrogen-bond acceptors (Lipinski definition) is 5. The van der Waals surface area contributed by atoms with Crippen LogP contribution in [0.2, 0.25) is 0 Å². The minimum atomic E-state index is -0.227. The molecule has 0 bridgehead atoms. The highest BCUT2D eigenvalue weighted by atomic mass is 32.2. The monoisotopic (exact) mass is 365 g/mol. The van der Waals surface area contributed by atoms with Crippen molar-refractivity contribution in [3.8, 4) is 5.88 Å².